The minimum atomic E-state index is -1.03. The molecule has 5 aromatic rings. The summed E-state index contributed by atoms with van der Waals surface area (Å²) in [6.45, 7) is 1.50. The summed E-state index contributed by atoms with van der Waals surface area (Å²) in [6.07, 6.45) is -1.33. The number of aliphatic hydroxyl groups is 1. The zero-order chi connectivity index (χ0) is 32.3. The molecule has 234 valence electrons. The molecule has 0 amide bonds. The highest BCUT2D eigenvalue weighted by molar-refractivity contribution is 5.95. The minimum absolute atomic E-state index is 0.0193. The molecular weight excluding hydrogens is 584 g/mol. The molecule has 0 radical (unpaired) electrons. The predicted molar refractivity (Wildman–Crippen MR) is 172 cm³/mol. The maximum atomic E-state index is 13.6. The van der Waals surface area contributed by atoms with Crippen LogP contribution in [0.15, 0.2) is 131 Å². The molecule has 3 atom stereocenters. The molecule has 1 N–H and O–H groups in total. The van der Waals surface area contributed by atoms with Crippen LogP contribution < -0.4 is 16.0 Å². The molecule has 46 heavy (non-hydrogen) atoms. The molecule has 6 rings (SSSR count). The first-order valence-corrected chi connectivity index (χ1v) is 15.0. The lowest BCUT2D eigenvalue weighted by Gasteiger charge is -2.37. The first kappa shape index (κ1) is 30.9. The molecule has 0 spiro atoms. The van der Waals surface area contributed by atoms with Crippen LogP contribution in [-0.4, -0.2) is 46.1 Å². The number of carbonyl (C=O) groups is 1. The molecular formula is C37H34N2O7. The van der Waals surface area contributed by atoms with Gasteiger partial charge < -0.3 is 19.3 Å². The average Bonchev–Trinajstić information content (AvgIpc) is 3.47. The highest BCUT2D eigenvalue weighted by Gasteiger charge is 2.42. The summed E-state index contributed by atoms with van der Waals surface area (Å²) in [4.78, 5) is 40.0. The number of hydrogen-bond donors (Lipinski definition) is 1. The Labute approximate surface area is 265 Å². The van der Waals surface area contributed by atoms with Gasteiger partial charge in [0.1, 0.15) is 23.7 Å². The van der Waals surface area contributed by atoms with Crippen LogP contribution in [-0.2, 0) is 15.1 Å². The molecule has 1 fully saturated rings. The third-order valence-electron chi connectivity index (χ3n) is 8.34. The van der Waals surface area contributed by atoms with Crippen LogP contribution in [0.3, 0.4) is 0 Å². The van der Waals surface area contributed by atoms with Crippen molar-refractivity contribution in [3.8, 4) is 5.75 Å². The summed E-state index contributed by atoms with van der Waals surface area (Å²) in [5, 5.41) is 11.2. The van der Waals surface area contributed by atoms with Crippen molar-refractivity contribution in [1.29, 1.82) is 0 Å². The minimum Gasteiger partial charge on any atom is -0.497 e. The average molecular weight is 619 g/mol. The summed E-state index contributed by atoms with van der Waals surface area (Å²) in [6, 6.07) is 35.7. The Morgan fingerprint density at radius 2 is 1.37 bits per heavy atom. The van der Waals surface area contributed by atoms with Gasteiger partial charge in [0.25, 0.3) is 11.5 Å². The van der Waals surface area contributed by atoms with Gasteiger partial charge in [-0.3, -0.25) is 14.2 Å². The van der Waals surface area contributed by atoms with Crippen LogP contribution in [0.1, 0.15) is 45.3 Å². The fraction of sp³-hybridized carbons (Fsp3) is 0.216. The Hall–Kier alpha value is -5.09. The Bertz CT molecular complexity index is 1820. The van der Waals surface area contributed by atoms with Crippen molar-refractivity contribution in [3.63, 3.8) is 0 Å². The van der Waals surface area contributed by atoms with Crippen molar-refractivity contribution in [3.05, 3.63) is 170 Å². The lowest BCUT2D eigenvalue weighted by Crippen LogP contribution is -2.45. The van der Waals surface area contributed by atoms with E-state index in [1.807, 2.05) is 91.0 Å². The molecule has 9 nitrogen and oxygen atoms in total. The largest absolute Gasteiger partial charge is 0.497 e. The third-order valence-corrected chi connectivity index (χ3v) is 8.34. The number of aromatic nitrogens is 2. The van der Waals surface area contributed by atoms with Gasteiger partial charge >= 0.3 is 5.69 Å². The number of hydrogen-bond acceptors (Lipinski definition) is 7. The summed E-state index contributed by atoms with van der Waals surface area (Å²) in [5.41, 5.74) is 0.398. The lowest BCUT2D eigenvalue weighted by molar-refractivity contribution is -0.0945. The van der Waals surface area contributed by atoms with Crippen LogP contribution in [0.25, 0.3) is 0 Å². The zero-order valence-corrected chi connectivity index (χ0v) is 25.5. The highest BCUT2D eigenvalue weighted by atomic mass is 16.6. The SMILES string of the molecule is COc1ccc(C(=O)n2c(=O)c(C)cn(C3CC(O)C(COC(c4ccccc4)(c4ccccc4)c4ccccc4)O3)c2=O)cc1. The predicted octanol–water partition coefficient (Wildman–Crippen LogP) is 4.67. The highest BCUT2D eigenvalue weighted by Crippen LogP contribution is 2.41. The van der Waals surface area contributed by atoms with E-state index >= 15 is 0 Å². The van der Waals surface area contributed by atoms with E-state index in [4.69, 9.17) is 14.2 Å². The number of aliphatic hydroxyl groups excluding tert-OH is 1. The van der Waals surface area contributed by atoms with Crippen molar-refractivity contribution >= 4 is 5.91 Å². The Morgan fingerprint density at radius 3 is 1.87 bits per heavy atom. The van der Waals surface area contributed by atoms with Gasteiger partial charge in [-0.1, -0.05) is 91.0 Å². The molecule has 1 aliphatic rings. The van der Waals surface area contributed by atoms with E-state index in [0.717, 1.165) is 16.7 Å². The van der Waals surface area contributed by atoms with E-state index in [9.17, 15) is 19.5 Å². The van der Waals surface area contributed by atoms with Crippen molar-refractivity contribution in [1.82, 2.24) is 9.13 Å². The van der Waals surface area contributed by atoms with Crippen LogP contribution in [0.2, 0.25) is 0 Å². The molecule has 9 heteroatoms. The van der Waals surface area contributed by atoms with Crippen LogP contribution >= 0.6 is 0 Å². The fourth-order valence-corrected chi connectivity index (χ4v) is 5.96. The van der Waals surface area contributed by atoms with Crippen molar-refractivity contribution in [2.75, 3.05) is 13.7 Å². The lowest BCUT2D eigenvalue weighted by atomic mass is 9.80. The molecule has 0 saturated carbocycles. The number of rotatable bonds is 9. The Kier molecular flexibility index (Phi) is 8.81. The first-order chi connectivity index (χ1) is 22.3. The molecule has 2 heterocycles. The van der Waals surface area contributed by atoms with E-state index < -0.39 is 41.2 Å². The fourth-order valence-electron chi connectivity index (χ4n) is 5.96. The quantitative estimate of drug-likeness (QED) is 0.239. The van der Waals surface area contributed by atoms with Gasteiger partial charge in [0, 0.05) is 23.7 Å². The maximum absolute atomic E-state index is 13.6. The van der Waals surface area contributed by atoms with E-state index in [-0.39, 0.29) is 24.2 Å². The molecule has 0 aliphatic carbocycles. The van der Waals surface area contributed by atoms with Gasteiger partial charge in [-0.2, -0.15) is 4.57 Å². The summed E-state index contributed by atoms with van der Waals surface area (Å²) >= 11 is 0. The second kappa shape index (κ2) is 13.1. The number of carbonyl (C=O) groups excluding carboxylic acids is 1. The number of methoxy groups -OCH3 is 1. The van der Waals surface area contributed by atoms with Crippen LogP contribution in [0, 0.1) is 6.92 Å². The normalized spacial score (nSPS) is 17.9. The summed E-state index contributed by atoms with van der Waals surface area (Å²) in [7, 11) is 1.50. The Morgan fingerprint density at radius 1 is 0.848 bits per heavy atom. The first-order valence-electron chi connectivity index (χ1n) is 15.0. The van der Waals surface area contributed by atoms with E-state index in [0.29, 0.717) is 10.3 Å². The second-order valence-corrected chi connectivity index (χ2v) is 11.2. The Balaban J connectivity index is 1.32. The molecule has 1 aliphatic heterocycles. The second-order valence-electron chi connectivity index (χ2n) is 11.2. The van der Waals surface area contributed by atoms with Gasteiger partial charge in [-0.15, -0.1) is 0 Å². The van der Waals surface area contributed by atoms with Crippen molar-refractivity contribution in [2.45, 2.75) is 37.4 Å². The smallest absolute Gasteiger partial charge is 0.340 e. The van der Waals surface area contributed by atoms with Gasteiger partial charge in [-0.25, -0.2) is 4.79 Å². The van der Waals surface area contributed by atoms with Crippen LogP contribution in [0.5, 0.6) is 5.75 Å². The maximum Gasteiger partial charge on any atom is 0.340 e. The molecule has 1 aromatic heterocycles. The number of aryl methyl sites for hydroxylation is 1. The molecule has 1 saturated heterocycles. The number of ether oxygens (including phenoxy) is 3. The van der Waals surface area contributed by atoms with Crippen molar-refractivity contribution in [2.24, 2.45) is 0 Å². The number of benzene rings is 4. The number of nitrogens with zero attached hydrogens (tertiary/aromatic N) is 2. The van der Waals surface area contributed by atoms with Crippen molar-refractivity contribution < 1.29 is 24.1 Å². The van der Waals surface area contributed by atoms with Gasteiger partial charge in [-0.05, 0) is 47.9 Å². The topological polar surface area (TPSA) is 109 Å². The van der Waals surface area contributed by atoms with E-state index in [1.165, 1.54) is 36.9 Å². The third kappa shape index (κ3) is 5.72. The molecule has 3 unspecified atom stereocenters. The molecule has 4 aromatic carbocycles. The summed E-state index contributed by atoms with van der Waals surface area (Å²) in [5.74, 6) is -0.241. The van der Waals surface area contributed by atoms with Gasteiger partial charge in [0.05, 0.1) is 19.8 Å². The zero-order valence-electron chi connectivity index (χ0n) is 25.5. The standard InChI is InChI=1S/C37H34N2O7/c1-25-23-38(36(43)39(34(25)41)35(42)26-18-20-30(44-2)21-19-26)33-22-31(40)32(46-33)24-45-37(27-12-6-3-7-13-27,28-14-8-4-9-15-28)29-16-10-5-11-17-29/h3-21,23,31-33,40H,22,24H2,1-2H3. The monoisotopic (exact) mass is 618 g/mol. The van der Waals surface area contributed by atoms with Gasteiger partial charge in [0.2, 0.25) is 0 Å². The van der Waals surface area contributed by atoms with E-state index in [1.54, 1.807) is 12.1 Å². The van der Waals surface area contributed by atoms with Gasteiger partial charge in [0.15, 0.2) is 0 Å². The summed E-state index contributed by atoms with van der Waals surface area (Å²) < 4.78 is 20.0. The molecule has 0 bridgehead atoms. The van der Waals surface area contributed by atoms with Crippen LogP contribution in [0.4, 0.5) is 0 Å². The van der Waals surface area contributed by atoms with E-state index in [2.05, 4.69) is 0 Å².